The van der Waals surface area contributed by atoms with E-state index >= 15 is 0 Å². The molecule has 0 saturated carbocycles. The fraction of sp³-hybridized carbons (Fsp3) is 0.375. The van der Waals surface area contributed by atoms with E-state index in [0.29, 0.717) is 13.2 Å². The van der Waals surface area contributed by atoms with Gasteiger partial charge < -0.3 is 10.1 Å². The minimum atomic E-state index is -4.44. The molecule has 0 spiro atoms. The zero-order valence-electron chi connectivity index (χ0n) is 12.3. The molecule has 0 aliphatic carbocycles. The number of rotatable bonds is 4. The minimum absolute atomic E-state index is 0.0702. The molecule has 0 amide bonds. The summed E-state index contributed by atoms with van der Waals surface area (Å²) in [6.07, 6.45) is -0.219. The Labute approximate surface area is 131 Å². The van der Waals surface area contributed by atoms with E-state index in [4.69, 9.17) is 4.74 Å². The maximum Gasteiger partial charge on any atom is 0.433 e. The molecule has 23 heavy (non-hydrogen) atoms. The lowest BCUT2D eigenvalue weighted by Gasteiger charge is -2.20. The summed E-state index contributed by atoms with van der Waals surface area (Å²) in [5.74, 6) is 0.392. The van der Waals surface area contributed by atoms with Gasteiger partial charge in [0.2, 0.25) is 0 Å². The highest BCUT2D eigenvalue weighted by atomic mass is 19.4. The maximum atomic E-state index is 12.7. The van der Waals surface area contributed by atoms with Gasteiger partial charge in [0, 0.05) is 18.3 Å². The Morgan fingerprint density at radius 3 is 2.65 bits per heavy atom. The molecule has 1 N–H and O–H groups in total. The number of aromatic nitrogens is 2. The summed E-state index contributed by atoms with van der Waals surface area (Å²) >= 11 is 0. The number of alkyl halides is 3. The number of halogens is 3. The Hall–Kier alpha value is -2.15. The van der Waals surface area contributed by atoms with Gasteiger partial charge in [-0.25, -0.2) is 4.98 Å². The Bertz CT molecular complexity index is 649. The Morgan fingerprint density at radius 1 is 1.13 bits per heavy atom. The standard InChI is InChI=1S/C16H16F3N3O/c17-16(18,19)14-2-1-3-15(22-14)21-13-10-23-9-12(13)8-11-4-6-20-7-5-11/h1-7,12-13H,8-10H2,(H,21,22)/t12-,13+/m1/s1. The monoisotopic (exact) mass is 323 g/mol. The van der Waals surface area contributed by atoms with Crippen molar-refractivity contribution in [1.29, 1.82) is 0 Å². The molecule has 0 aromatic carbocycles. The van der Waals surface area contributed by atoms with E-state index in [9.17, 15) is 13.2 Å². The molecule has 3 rings (SSSR count). The summed E-state index contributed by atoms with van der Waals surface area (Å²) in [4.78, 5) is 7.62. The van der Waals surface area contributed by atoms with Gasteiger partial charge >= 0.3 is 6.18 Å². The van der Waals surface area contributed by atoms with E-state index in [2.05, 4.69) is 15.3 Å². The SMILES string of the molecule is FC(F)(F)c1cccc(N[C@H]2COC[C@H]2Cc2ccncc2)n1. The van der Waals surface area contributed by atoms with E-state index in [1.165, 1.54) is 12.1 Å². The molecule has 3 heterocycles. The Morgan fingerprint density at radius 2 is 1.91 bits per heavy atom. The van der Waals surface area contributed by atoms with E-state index in [1.54, 1.807) is 12.4 Å². The summed E-state index contributed by atoms with van der Waals surface area (Å²) in [5.41, 5.74) is 0.228. The van der Waals surface area contributed by atoms with Crippen molar-refractivity contribution < 1.29 is 17.9 Å². The van der Waals surface area contributed by atoms with Crippen molar-refractivity contribution in [2.45, 2.75) is 18.6 Å². The van der Waals surface area contributed by atoms with Crippen molar-refractivity contribution in [3.8, 4) is 0 Å². The van der Waals surface area contributed by atoms with Crippen molar-refractivity contribution in [1.82, 2.24) is 9.97 Å². The van der Waals surface area contributed by atoms with Crippen LogP contribution in [0.4, 0.5) is 19.0 Å². The average Bonchev–Trinajstić information content (AvgIpc) is 2.95. The molecule has 2 aromatic rings. The Kier molecular flexibility index (Phi) is 4.47. The zero-order valence-corrected chi connectivity index (χ0v) is 12.3. The number of ether oxygens (including phenoxy) is 1. The van der Waals surface area contributed by atoms with Gasteiger partial charge in [-0.3, -0.25) is 4.98 Å². The molecule has 4 nitrogen and oxygen atoms in total. The van der Waals surface area contributed by atoms with Gasteiger partial charge in [0.15, 0.2) is 0 Å². The van der Waals surface area contributed by atoms with Crippen molar-refractivity contribution in [3.63, 3.8) is 0 Å². The number of hydrogen-bond donors (Lipinski definition) is 1. The van der Waals surface area contributed by atoms with Crippen LogP contribution in [0, 0.1) is 5.92 Å². The second-order valence-corrected chi connectivity index (χ2v) is 5.51. The second kappa shape index (κ2) is 6.54. The number of nitrogens with one attached hydrogen (secondary N) is 1. The van der Waals surface area contributed by atoms with E-state index in [1.807, 2.05) is 12.1 Å². The van der Waals surface area contributed by atoms with Crippen molar-refractivity contribution >= 4 is 5.82 Å². The third-order valence-electron chi connectivity index (χ3n) is 3.82. The van der Waals surface area contributed by atoms with E-state index < -0.39 is 11.9 Å². The fourth-order valence-corrected chi connectivity index (χ4v) is 2.64. The largest absolute Gasteiger partial charge is 0.433 e. The lowest BCUT2D eigenvalue weighted by Crippen LogP contribution is -2.30. The predicted molar refractivity (Wildman–Crippen MR) is 78.9 cm³/mol. The first-order chi connectivity index (χ1) is 11.0. The first-order valence-corrected chi connectivity index (χ1v) is 7.30. The summed E-state index contributed by atoms with van der Waals surface area (Å²) in [7, 11) is 0. The van der Waals surface area contributed by atoms with Crippen LogP contribution in [-0.2, 0) is 17.3 Å². The van der Waals surface area contributed by atoms with E-state index in [0.717, 1.165) is 18.1 Å². The van der Waals surface area contributed by atoms with Crippen LogP contribution in [-0.4, -0.2) is 29.2 Å². The first kappa shape index (κ1) is 15.7. The predicted octanol–water partition coefficient (Wildman–Crippen LogP) is 3.17. The van der Waals surface area contributed by atoms with Gasteiger partial charge in [0.1, 0.15) is 11.5 Å². The minimum Gasteiger partial charge on any atom is -0.379 e. The van der Waals surface area contributed by atoms with Gasteiger partial charge in [0.25, 0.3) is 0 Å². The van der Waals surface area contributed by atoms with Crippen LogP contribution in [0.25, 0.3) is 0 Å². The van der Waals surface area contributed by atoms with Gasteiger partial charge in [-0.2, -0.15) is 13.2 Å². The first-order valence-electron chi connectivity index (χ1n) is 7.30. The molecule has 1 aliphatic heterocycles. The van der Waals surface area contributed by atoms with Gasteiger partial charge in [0.05, 0.1) is 19.3 Å². The second-order valence-electron chi connectivity index (χ2n) is 5.51. The molecule has 122 valence electrons. The van der Waals surface area contributed by atoms with Crippen molar-refractivity contribution in [2.75, 3.05) is 18.5 Å². The van der Waals surface area contributed by atoms with Crippen LogP contribution in [0.5, 0.6) is 0 Å². The third-order valence-corrected chi connectivity index (χ3v) is 3.82. The highest BCUT2D eigenvalue weighted by Gasteiger charge is 2.33. The molecule has 7 heteroatoms. The molecule has 0 bridgehead atoms. The molecule has 2 atom stereocenters. The van der Waals surface area contributed by atoms with Crippen LogP contribution in [0.2, 0.25) is 0 Å². The average molecular weight is 323 g/mol. The van der Waals surface area contributed by atoms with Crippen LogP contribution < -0.4 is 5.32 Å². The number of nitrogens with zero attached hydrogens (tertiary/aromatic N) is 2. The van der Waals surface area contributed by atoms with Crippen molar-refractivity contribution in [2.24, 2.45) is 5.92 Å². The van der Waals surface area contributed by atoms with Crippen LogP contribution >= 0.6 is 0 Å². The quantitative estimate of drug-likeness (QED) is 0.939. The van der Waals surface area contributed by atoms with Crippen LogP contribution in [0.1, 0.15) is 11.3 Å². The zero-order chi connectivity index (χ0) is 16.3. The maximum absolute atomic E-state index is 12.7. The van der Waals surface area contributed by atoms with E-state index in [-0.39, 0.29) is 17.8 Å². The molecule has 1 saturated heterocycles. The summed E-state index contributed by atoms with van der Waals surface area (Å²) < 4.78 is 43.7. The highest BCUT2D eigenvalue weighted by Crippen LogP contribution is 2.29. The smallest absolute Gasteiger partial charge is 0.379 e. The molecule has 0 unspecified atom stereocenters. The van der Waals surface area contributed by atoms with Crippen molar-refractivity contribution in [3.05, 3.63) is 54.0 Å². The number of anilines is 1. The lowest BCUT2D eigenvalue weighted by molar-refractivity contribution is -0.141. The van der Waals surface area contributed by atoms with Gasteiger partial charge in [-0.05, 0) is 36.2 Å². The van der Waals surface area contributed by atoms with Crippen LogP contribution in [0.15, 0.2) is 42.7 Å². The molecule has 2 aromatic heterocycles. The normalized spacial score (nSPS) is 21.3. The Balaban J connectivity index is 1.69. The molecule has 0 radical (unpaired) electrons. The molecular formula is C16H16F3N3O. The molecular weight excluding hydrogens is 307 g/mol. The molecule has 1 fully saturated rings. The number of hydrogen-bond acceptors (Lipinski definition) is 4. The lowest BCUT2D eigenvalue weighted by atomic mass is 9.95. The summed E-state index contributed by atoms with van der Waals surface area (Å²) in [6, 6.07) is 7.64. The fourth-order valence-electron chi connectivity index (χ4n) is 2.64. The number of pyridine rings is 2. The summed E-state index contributed by atoms with van der Waals surface area (Å²) in [6.45, 7) is 1.02. The highest BCUT2D eigenvalue weighted by molar-refractivity contribution is 5.37. The summed E-state index contributed by atoms with van der Waals surface area (Å²) in [5, 5.41) is 3.07. The molecule has 1 aliphatic rings. The van der Waals surface area contributed by atoms with Gasteiger partial charge in [-0.15, -0.1) is 0 Å². The van der Waals surface area contributed by atoms with Gasteiger partial charge in [-0.1, -0.05) is 6.07 Å². The topological polar surface area (TPSA) is 47.0 Å². The third kappa shape index (κ3) is 3.98. The van der Waals surface area contributed by atoms with Crippen LogP contribution in [0.3, 0.4) is 0 Å².